The van der Waals surface area contributed by atoms with Gasteiger partial charge in [0.2, 0.25) is 5.71 Å². The molecule has 5 rings (SSSR count). The van der Waals surface area contributed by atoms with Crippen LogP contribution in [0.15, 0.2) is 82.5 Å². The summed E-state index contributed by atoms with van der Waals surface area (Å²) in [6, 6.07) is 17.1. The first-order valence-corrected chi connectivity index (χ1v) is 8.22. The minimum Gasteiger partial charge on any atom is -0.445 e. The van der Waals surface area contributed by atoms with Crippen LogP contribution in [0.1, 0.15) is 0 Å². The monoisotopic (exact) mass is 339 g/mol. The van der Waals surface area contributed by atoms with Crippen LogP contribution in [-0.4, -0.2) is 15.0 Å². The number of benzene rings is 1. The van der Waals surface area contributed by atoms with E-state index < -0.39 is 0 Å². The van der Waals surface area contributed by atoms with Crippen LogP contribution in [0.25, 0.3) is 44.5 Å². The Morgan fingerprint density at radius 3 is 2.69 bits per heavy atom. The van der Waals surface area contributed by atoms with Gasteiger partial charge in [0, 0.05) is 40.5 Å². The molecule has 5 heteroatoms. The van der Waals surface area contributed by atoms with Crippen LogP contribution in [0.4, 0.5) is 0 Å². The minimum atomic E-state index is -0.0713. The Morgan fingerprint density at radius 2 is 1.81 bits per heavy atom. The Balaban J connectivity index is 1.91. The number of rotatable bonds is 2. The first-order valence-electron chi connectivity index (χ1n) is 8.22. The highest BCUT2D eigenvalue weighted by Crippen LogP contribution is 2.36. The number of hydrogen-bond donors (Lipinski definition) is 1. The van der Waals surface area contributed by atoms with Gasteiger partial charge in [0.05, 0.1) is 11.1 Å². The maximum Gasteiger partial charge on any atom is 0.226 e. The third-order valence-corrected chi connectivity index (χ3v) is 4.43. The number of H-pyrrole nitrogens is 1. The molecule has 5 nitrogen and oxygen atoms in total. The number of furan rings is 1. The molecule has 1 aromatic carbocycles. The molecular weight excluding hydrogens is 326 g/mol. The average Bonchev–Trinajstić information content (AvgIpc) is 3.12. The van der Waals surface area contributed by atoms with Gasteiger partial charge in [-0.15, -0.1) is 0 Å². The highest BCUT2D eigenvalue weighted by molar-refractivity contribution is 5.99. The quantitative estimate of drug-likeness (QED) is 0.517. The summed E-state index contributed by atoms with van der Waals surface area (Å²) in [5, 5.41) is 1.43. The molecule has 1 N–H and O–H groups in total. The van der Waals surface area contributed by atoms with E-state index in [0.717, 1.165) is 27.8 Å². The second-order valence-corrected chi connectivity index (χ2v) is 5.99. The number of hydrogen-bond acceptors (Lipinski definition) is 4. The largest absolute Gasteiger partial charge is 0.445 e. The molecule has 0 aliphatic rings. The van der Waals surface area contributed by atoms with E-state index in [0.29, 0.717) is 16.7 Å². The molecule has 0 amide bonds. The highest BCUT2D eigenvalue weighted by Gasteiger charge is 2.17. The lowest BCUT2D eigenvalue weighted by molar-refractivity contribution is 0.604. The summed E-state index contributed by atoms with van der Waals surface area (Å²) in [5.41, 5.74) is 4.50. The van der Waals surface area contributed by atoms with E-state index in [1.54, 1.807) is 18.7 Å². The molecule has 124 valence electrons. The fourth-order valence-electron chi connectivity index (χ4n) is 3.20. The van der Waals surface area contributed by atoms with Crippen molar-refractivity contribution in [2.75, 3.05) is 0 Å². The first kappa shape index (κ1) is 14.6. The summed E-state index contributed by atoms with van der Waals surface area (Å²) in [5.74, 6) is 0. The summed E-state index contributed by atoms with van der Waals surface area (Å²) in [4.78, 5) is 24.4. The Kier molecular flexibility index (Phi) is 3.18. The van der Waals surface area contributed by atoms with Crippen LogP contribution in [0.3, 0.4) is 0 Å². The Labute approximate surface area is 148 Å². The van der Waals surface area contributed by atoms with E-state index in [-0.39, 0.29) is 5.43 Å². The standard InChI is InChI=1S/C21H13N3O2/c25-18-8-10-22-20-16(18)11-15(19(24-20)13-5-2-1-3-6-13)17-12-26-21-14(17)7-4-9-23-21/h1-12H,(H,22,24,25). The van der Waals surface area contributed by atoms with Crippen molar-refractivity contribution in [1.82, 2.24) is 15.0 Å². The fourth-order valence-corrected chi connectivity index (χ4v) is 3.20. The summed E-state index contributed by atoms with van der Waals surface area (Å²) in [6.07, 6.45) is 4.98. The van der Waals surface area contributed by atoms with Crippen molar-refractivity contribution in [3.8, 4) is 22.4 Å². The van der Waals surface area contributed by atoms with Crippen molar-refractivity contribution in [2.24, 2.45) is 0 Å². The Hall–Kier alpha value is -3.73. The lowest BCUT2D eigenvalue weighted by atomic mass is 9.98. The molecule has 4 aromatic heterocycles. The van der Waals surface area contributed by atoms with E-state index >= 15 is 0 Å². The molecule has 0 unspecified atom stereocenters. The molecule has 5 aromatic rings. The number of aromatic amines is 1. The zero-order valence-electron chi connectivity index (χ0n) is 13.6. The number of aromatic nitrogens is 3. The number of nitrogens with zero attached hydrogens (tertiary/aromatic N) is 2. The topological polar surface area (TPSA) is 71.8 Å². The zero-order chi connectivity index (χ0) is 17.5. The van der Waals surface area contributed by atoms with Gasteiger partial charge in [-0.05, 0) is 18.2 Å². The molecule has 26 heavy (non-hydrogen) atoms. The molecule has 0 aliphatic heterocycles. The van der Waals surface area contributed by atoms with Crippen LogP contribution < -0.4 is 5.43 Å². The maximum atomic E-state index is 12.3. The third-order valence-electron chi connectivity index (χ3n) is 4.43. The van der Waals surface area contributed by atoms with E-state index in [1.165, 1.54) is 6.07 Å². The van der Waals surface area contributed by atoms with Gasteiger partial charge < -0.3 is 9.40 Å². The maximum absolute atomic E-state index is 12.3. The summed E-state index contributed by atoms with van der Waals surface area (Å²) >= 11 is 0. The molecule has 4 heterocycles. The lowest BCUT2D eigenvalue weighted by Gasteiger charge is -2.10. The van der Waals surface area contributed by atoms with Gasteiger partial charge in [0.15, 0.2) is 5.43 Å². The Bertz CT molecular complexity index is 1300. The van der Waals surface area contributed by atoms with Crippen LogP contribution in [0.2, 0.25) is 0 Å². The zero-order valence-corrected chi connectivity index (χ0v) is 13.6. The van der Waals surface area contributed by atoms with Gasteiger partial charge >= 0.3 is 0 Å². The Morgan fingerprint density at radius 1 is 0.923 bits per heavy atom. The van der Waals surface area contributed by atoms with Gasteiger partial charge in [-0.2, -0.15) is 0 Å². The van der Waals surface area contributed by atoms with Crippen molar-refractivity contribution < 1.29 is 4.42 Å². The molecule has 0 radical (unpaired) electrons. The van der Waals surface area contributed by atoms with Gasteiger partial charge in [-0.25, -0.2) is 9.97 Å². The second-order valence-electron chi connectivity index (χ2n) is 5.99. The van der Waals surface area contributed by atoms with Gasteiger partial charge in [-0.3, -0.25) is 4.79 Å². The normalized spacial score (nSPS) is 11.2. The summed E-state index contributed by atoms with van der Waals surface area (Å²) in [6.45, 7) is 0. The smallest absolute Gasteiger partial charge is 0.226 e. The third kappa shape index (κ3) is 2.22. The number of nitrogens with one attached hydrogen (secondary N) is 1. The van der Waals surface area contributed by atoms with Gasteiger partial charge in [-0.1, -0.05) is 30.3 Å². The SMILES string of the molecule is O=c1cc[nH]c2nc(-c3ccccc3)c(-c3coc4ncccc34)cc12. The average molecular weight is 339 g/mol. The van der Waals surface area contributed by atoms with Crippen LogP contribution in [0.5, 0.6) is 0 Å². The summed E-state index contributed by atoms with van der Waals surface area (Å²) < 4.78 is 5.61. The number of pyridine rings is 3. The van der Waals surface area contributed by atoms with Crippen LogP contribution in [0, 0.1) is 0 Å². The molecule has 0 spiro atoms. The van der Waals surface area contributed by atoms with Crippen molar-refractivity contribution in [1.29, 1.82) is 0 Å². The summed E-state index contributed by atoms with van der Waals surface area (Å²) in [7, 11) is 0. The van der Waals surface area contributed by atoms with Crippen LogP contribution in [-0.2, 0) is 0 Å². The lowest BCUT2D eigenvalue weighted by Crippen LogP contribution is -2.03. The molecule has 0 aliphatic carbocycles. The predicted molar refractivity (Wildman–Crippen MR) is 101 cm³/mol. The fraction of sp³-hybridized carbons (Fsp3) is 0. The molecule has 0 atom stereocenters. The van der Waals surface area contributed by atoms with Crippen molar-refractivity contribution in [2.45, 2.75) is 0 Å². The van der Waals surface area contributed by atoms with Crippen molar-refractivity contribution in [3.63, 3.8) is 0 Å². The van der Waals surface area contributed by atoms with Crippen LogP contribution >= 0.6 is 0 Å². The predicted octanol–water partition coefficient (Wildman–Crippen LogP) is 4.40. The molecular formula is C21H13N3O2. The molecule has 0 saturated heterocycles. The van der Waals surface area contributed by atoms with Crippen molar-refractivity contribution >= 4 is 22.1 Å². The highest BCUT2D eigenvalue weighted by atomic mass is 16.3. The van der Waals surface area contributed by atoms with E-state index in [2.05, 4.69) is 9.97 Å². The molecule has 0 bridgehead atoms. The minimum absolute atomic E-state index is 0.0713. The first-order chi connectivity index (χ1) is 12.8. The number of fused-ring (bicyclic) bond motifs is 2. The molecule has 0 saturated carbocycles. The van der Waals surface area contributed by atoms with E-state index in [9.17, 15) is 4.79 Å². The van der Waals surface area contributed by atoms with E-state index in [1.807, 2.05) is 48.5 Å². The van der Waals surface area contributed by atoms with Gasteiger partial charge in [0.1, 0.15) is 11.9 Å². The molecule has 0 fully saturated rings. The van der Waals surface area contributed by atoms with Crippen molar-refractivity contribution in [3.05, 3.63) is 83.5 Å². The second kappa shape index (κ2) is 5.67. The van der Waals surface area contributed by atoms with E-state index in [4.69, 9.17) is 9.40 Å². The van der Waals surface area contributed by atoms with Gasteiger partial charge in [0.25, 0.3) is 0 Å².